The number of ether oxygens (including phenoxy) is 4. The van der Waals surface area contributed by atoms with Gasteiger partial charge in [-0.05, 0) is 41.8 Å². The van der Waals surface area contributed by atoms with E-state index in [1.807, 2.05) is 35.7 Å². The molecule has 0 saturated heterocycles. The lowest BCUT2D eigenvalue weighted by Gasteiger charge is -2.12. The Labute approximate surface area is 152 Å². The minimum atomic E-state index is 0.444. The van der Waals surface area contributed by atoms with Crippen LogP contribution in [-0.2, 0) is 9.47 Å². The van der Waals surface area contributed by atoms with Crippen molar-refractivity contribution in [3.05, 3.63) is 71.8 Å². The van der Waals surface area contributed by atoms with E-state index in [1.54, 1.807) is 11.3 Å². The highest BCUT2D eigenvalue weighted by atomic mass is 32.1. The molecule has 2 rings (SSSR count). The van der Waals surface area contributed by atoms with Crippen molar-refractivity contribution in [2.45, 2.75) is 0 Å². The number of thiophene rings is 1. The Hall–Kier alpha value is -2.66. The van der Waals surface area contributed by atoms with Gasteiger partial charge in [0, 0.05) is 10.4 Å². The van der Waals surface area contributed by atoms with E-state index in [0.29, 0.717) is 26.4 Å². The maximum Gasteiger partial charge on any atom is 0.126 e. The average molecular weight is 358 g/mol. The molecule has 0 unspecified atom stereocenters. The normalized spacial score (nSPS) is 10.4. The Morgan fingerprint density at radius 1 is 0.880 bits per heavy atom. The summed E-state index contributed by atoms with van der Waals surface area (Å²) in [4.78, 5) is 1.17. The van der Waals surface area contributed by atoms with Gasteiger partial charge in [0.2, 0.25) is 0 Å². The third kappa shape index (κ3) is 6.77. The first kappa shape index (κ1) is 18.7. The van der Waals surface area contributed by atoms with E-state index in [9.17, 15) is 0 Å². The highest BCUT2D eigenvalue weighted by Gasteiger charge is 2.05. The summed E-state index contributed by atoms with van der Waals surface area (Å²) in [6.45, 7) is 8.82. The minimum Gasteiger partial charge on any atom is -0.498 e. The van der Waals surface area contributed by atoms with Crippen LogP contribution < -0.4 is 9.47 Å². The molecule has 1 aromatic carbocycles. The van der Waals surface area contributed by atoms with Gasteiger partial charge in [0.05, 0.1) is 12.5 Å². The van der Waals surface area contributed by atoms with Crippen molar-refractivity contribution < 1.29 is 18.9 Å². The van der Waals surface area contributed by atoms with Gasteiger partial charge in [0.25, 0.3) is 0 Å². The van der Waals surface area contributed by atoms with Gasteiger partial charge in [0.15, 0.2) is 0 Å². The van der Waals surface area contributed by atoms with E-state index in [4.69, 9.17) is 18.9 Å². The molecule has 4 nitrogen and oxygen atoms in total. The summed E-state index contributed by atoms with van der Waals surface area (Å²) in [5.41, 5.74) is 0.939. The Kier molecular flexibility index (Phi) is 8.21. The first-order chi connectivity index (χ1) is 12.3. The third-order valence-corrected chi connectivity index (χ3v) is 3.95. The smallest absolute Gasteiger partial charge is 0.126 e. The summed E-state index contributed by atoms with van der Waals surface area (Å²) in [7, 11) is 0. The van der Waals surface area contributed by atoms with Crippen LogP contribution in [0.2, 0.25) is 0 Å². The zero-order valence-electron chi connectivity index (χ0n) is 14.1. The van der Waals surface area contributed by atoms with Crippen LogP contribution in [0.25, 0.3) is 12.2 Å². The van der Waals surface area contributed by atoms with Crippen LogP contribution in [0.15, 0.2) is 61.4 Å². The predicted molar refractivity (Wildman–Crippen MR) is 103 cm³/mol. The molecule has 1 aromatic heterocycles. The third-order valence-electron chi connectivity index (χ3n) is 3.12. The van der Waals surface area contributed by atoms with Gasteiger partial charge in [-0.1, -0.05) is 19.2 Å². The monoisotopic (exact) mass is 358 g/mol. The van der Waals surface area contributed by atoms with Crippen LogP contribution in [0.3, 0.4) is 0 Å². The van der Waals surface area contributed by atoms with Crippen molar-refractivity contribution in [1.29, 1.82) is 0 Å². The Morgan fingerprint density at radius 2 is 1.64 bits per heavy atom. The van der Waals surface area contributed by atoms with E-state index in [2.05, 4.69) is 25.3 Å². The minimum absolute atomic E-state index is 0.444. The first-order valence-electron chi connectivity index (χ1n) is 7.89. The topological polar surface area (TPSA) is 36.9 Å². The molecule has 25 heavy (non-hydrogen) atoms. The molecule has 0 spiro atoms. The van der Waals surface area contributed by atoms with Crippen molar-refractivity contribution >= 4 is 23.5 Å². The Morgan fingerprint density at radius 3 is 2.32 bits per heavy atom. The van der Waals surface area contributed by atoms with Gasteiger partial charge in [-0.15, -0.1) is 11.3 Å². The van der Waals surface area contributed by atoms with Crippen LogP contribution in [0.1, 0.15) is 10.4 Å². The molecule has 1 heterocycles. The predicted octanol–water partition coefficient (Wildman–Crippen LogP) is 5.00. The van der Waals surface area contributed by atoms with Gasteiger partial charge in [-0.2, -0.15) is 0 Å². The van der Waals surface area contributed by atoms with Crippen molar-refractivity contribution in [3.63, 3.8) is 0 Å². The number of hydrogen-bond donors (Lipinski definition) is 0. The number of rotatable bonds is 12. The van der Waals surface area contributed by atoms with E-state index >= 15 is 0 Å². The first-order valence-corrected chi connectivity index (χ1v) is 8.77. The molecule has 0 bridgehead atoms. The zero-order valence-corrected chi connectivity index (χ0v) is 14.9. The Balaban J connectivity index is 2.07. The fourth-order valence-electron chi connectivity index (χ4n) is 2.01. The molecule has 0 N–H and O–H groups in total. The molecule has 0 aliphatic carbocycles. The molecule has 0 aliphatic rings. The average Bonchev–Trinajstić information content (AvgIpc) is 3.15. The van der Waals surface area contributed by atoms with Gasteiger partial charge >= 0.3 is 0 Å². The molecule has 2 aromatic rings. The molecule has 0 radical (unpaired) electrons. The second-order valence-corrected chi connectivity index (χ2v) is 5.80. The van der Waals surface area contributed by atoms with Crippen molar-refractivity contribution in [1.82, 2.24) is 0 Å². The van der Waals surface area contributed by atoms with Crippen LogP contribution in [0.4, 0.5) is 0 Å². The maximum atomic E-state index is 5.79. The largest absolute Gasteiger partial charge is 0.498 e. The lowest BCUT2D eigenvalue weighted by Crippen LogP contribution is -2.06. The highest BCUT2D eigenvalue weighted by Crippen LogP contribution is 2.27. The molecule has 5 heteroatoms. The van der Waals surface area contributed by atoms with Crippen LogP contribution in [0, 0.1) is 0 Å². The number of hydrogen-bond acceptors (Lipinski definition) is 5. The molecule has 132 valence electrons. The standard InChI is InChI=1S/C20H22O4S/c1-3-21-11-13-23-18-8-10-20(24-14-12-22-4-2)17(16-18)7-9-19-6-5-15-25-19/h3-10,15-16H,1-2,11-14H2/b9-7+. The summed E-state index contributed by atoms with van der Waals surface area (Å²) in [5, 5.41) is 2.04. The second kappa shape index (κ2) is 11.0. The fraction of sp³-hybridized carbons (Fsp3) is 0.200. The molecule has 0 aliphatic heterocycles. The molecule has 0 atom stereocenters. The summed E-state index contributed by atoms with van der Waals surface area (Å²) in [6.07, 6.45) is 6.88. The molecule has 0 amide bonds. The maximum absolute atomic E-state index is 5.79. The van der Waals surface area contributed by atoms with Gasteiger partial charge < -0.3 is 18.9 Å². The zero-order chi connectivity index (χ0) is 17.7. The Bertz CT molecular complexity index is 677. The van der Waals surface area contributed by atoms with Crippen LogP contribution in [0.5, 0.6) is 11.5 Å². The lowest BCUT2D eigenvalue weighted by atomic mass is 10.1. The number of benzene rings is 1. The summed E-state index contributed by atoms with van der Waals surface area (Å²) in [6, 6.07) is 9.80. The van der Waals surface area contributed by atoms with Gasteiger partial charge in [0.1, 0.15) is 37.9 Å². The quantitative estimate of drug-likeness (QED) is 0.395. The summed E-state index contributed by atoms with van der Waals surface area (Å²) < 4.78 is 21.6. The van der Waals surface area contributed by atoms with Crippen molar-refractivity contribution in [2.75, 3.05) is 26.4 Å². The van der Waals surface area contributed by atoms with E-state index < -0.39 is 0 Å². The summed E-state index contributed by atoms with van der Waals surface area (Å²) >= 11 is 1.68. The van der Waals surface area contributed by atoms with Crippen molar-refractivity contribution in [2.24, 2.45) is 0 Å². The van der Waals surface area contributed by atoms with Gasteiger partial charge in [-0.25, -0.2) is 0 Å². The second-order valence-electron chi connectivity index (χ2n) is 4.82. The highest BCUT2D eigenvalue weighted by molar-refractivity contribution is 7.10. The van der Waals surface area contributed by atoms with Crippen LogP contribution in [-0.4, -0.2) is 26.4 Å². The SMILES string of the molecule is C=COCCOc1ccc(OCCOC=C)c(/C=C/c2cccs2)c1. The molecular formula is C20H22O4S. The van der Waals surface area contributed by atoms with E-state index in [-0.39, 0.29) is 0 Å². The molecule has 0 fully saturated rings. The van der Waals surface area contributed by atoms with E-state index in [0.717, 1.165) is 17.1 Å². The molecular weight excluding hydrogens is 336 g/mol. The van der Waals surface area contributed by atoms with Gasteiger partial charge in [-0.3, -0.25) is 0 Å². The fourth-order valence-corrected chi connectivity index (χ4v) is 2.63. The van der Waals surface area contributed by atoms with Crippen molar-refractivity contribution in [3.8, 4) is 11.5 Å². The van der Waals surface area contributed by atoms with E-state index in [1.165, 1.54) is 17.4 Å². The lowest BCUT2D eigenvalue weighted by molar-refractivity contribution is 0.177. The molecule has 0 saturated carbocycles. The summed E-state index contributed by atoms with van der Waals surface area (Å²) in [5.74, 6) is 1.53. The van der Waals surface area contributed by atoms with Crippen LogP contribution >= 0.6 is 11.3 Å².